The van der Waals surface area contributed by atoms with Crippen molar-refractivity contribution in [2.24, 2.45) is 5.92 Å². The fourth-order valence-electron chi connectivity index (χ4n) is 4.72. The lowest BCUT2D eigenvalue weighted by molar-refractivity contribution is 0.158. The Morgan fingerprint density at radius 2 is 1.30 bits per heavy atom. The van der Waals surface area contributed by atoms with Crippen molar-refractivity contribution in [3.05, 3.63) is 0 Å². The third-order valence-electron chi connectivity index (χ3n) is 6.41. The minimum absolute atomic E-state index is 0.729. The van der Waals surface area contributed by atoms with Gasteiger partial charge < -0.3 is 9.33 Å². The molecule has 1 heterocycles. The number of hydrogen-bond acceptors (Lipinski definition) is 2. The highest BCUT2D eigenvalue weighted by molar-refractivity contribution is 6.72. The zero-order chi connectivity index (χ0) is 16.5. The van der Waals surface area contributed by atoms with E-state index < -0.39 is 8.32 Å². The SMILES string of the molecule is CO[Si](C)(C)C1CCCCCCCCCN1CC1CCCCC1. The molecule has 0 aromatic rings. The molecule has 0 amide bonds. The van der Waals surface area contributed by atoms with Crippen LogP contribution in [0.5, 0.6) is 0 Å². The van der Waals surface area contributed by atoms with E-state index >= 15 is 0 Å². The van der Waals surface area contributed by atoms with E-state index in [1.165, 1.54) is 96.6 Å². The summed E-state index contributed by atoms with van der Waals surface area (Å²) in [5, 5.41) is 0. The minimum atomic E-state index is -1.61. The van der Waals surface area contributed by atoms with Crippen molar-refractivity contribution in [1.29, 1.82) is 0 Å². The lowest BCUT2D eigenvalue weighted by Crippen LogP contribution is -2.55. The Bertz CT molecular complexity index is 315. The van der Waals surface area contributed by atoms with Gasteiger partial charge in [0.1, 0.15) is 0 Å². The van der Waals surface area contributed by atoms with Crippen molar-refractivity contribution in [2.45, 2.75) is 102 Å². The van der Waals surface area contributed by atoms with E-state index in [0.717, 1.165) is 11.6 Å². The first-order chi connectivity index (χ1) is 11.1. The molecule has 0 N–H and O–H groups in total. The molecule has 0 spiro atoms. The van der Waals surface area contributed by atoms with Gasteiger partial charge in [0.25, 0.3) is 0 Å². The molecule has 1 saturated carbocycles. The smallest absolute Gasteiger partial charge is 0.202 e. The summed E-state index contributed by atoms with van der Waals surface area (Å²) in [7, 11) is 0.360. The molecule has 1 aliphatic carbocycles. The summed E-state index contributed by atoms with van der Waals surface area (Å²) < 4.78 is 6.09. The van der Waals surface area contributed by atoms with Crippen LogP contribution in [-0.2, 0) is 4.43 Å². The van der Waals surface area contributed by atoms with Crippen LogP contribution in [-0.4, -0.2) is 39.1 Å². The molecule has 2 fully saturated rings. The number of nitrogens with zero attached hydrogens (tertiary/aromatic N) is 1. The highest BCUT2D eigenvalue weighted by Gasteiger charge is 2.37. The van der Waals surface area contributed by atoms with E-state index in [1.54, 1.807) is 0 Å². The van der Waals surface area contributed by atoms with Gasteiger partial charge in [0.05, 0.1) is 0 Å². The van der Waals surface area contributed by atoms with Gasteiger partial charge in [0.15, 0.2) is 0 Å². The molecule has 2 rings (SSSR count). The van der Waals surface area contributed by atoms with Gasteiger partial charge in [0.2, 0.25) is 8.32 Å². The van der Waals surface area contributed by atoms with Crippen LogP contribution in [0.2, 0.25) is 13.1 Å². The second kappa shape index (κ2) is 10.2. The van der Waals surface area contributed by atoms with Crippen molar-refractivity contribution in [3.8, 4) is 0 Å². The van der Waals surface area contributed by atoms with Crippen LogP contribution in [0, 0.1) is 5.92 Å². The van der Waals surface area contributed by atoms with Gasteiger partial charge in [-0.1, -0.05) is 57.8 Å². The Kier molecular flexibility index (Phi) is 8.63. The first kappa shape index (κ1) is 19.5. The predicted molar refractivity (Wildman–Crippen MR) is 103 cm³/mol. The Labute approximate surface area is 146 Å². The molecule has 0 aromatic heterocycles. The average Bonchev–Trinajstić information content (AvgIpc) is 2.61. The first-order valence-corrected chi connectivity index (χ1v) is 13.4. The maximum atomic E-state index is 6.09. The van der Waals surface area contributed by atoms with Crippen molar-refractivity contribution in [2.75, 3.05) is 20.2 Å². The second-order valence-corrected chi connectivity index (χ2v) is 12.9. The molecule has 23 heavy (non-hydrogen) atoms. The normalized spacial score (nSPS) is 27.5. The van der Waals surface area contributed by atoms with Gasteiger partial charge in [-0.15, -0.1) is 0 Å². The maximum absolute atomic E-state index is 6.09. The van der Waals surface area contributed by atoms with Crippen molar-refractivity contribution >= 4 is 8.32 Å². The largest absolute Gasteiger partial charge is 0.419 e. The summed E-state index contributed by atoms with van der Waals surface area (Å²) in [6, 6.07) is 0. The van der Waals surface area contributed by atoms with Crippen LogP contribution in [0.15, 0.2) is 0 Å². The molecule has 3 heteroatoms. The van der Waals surface area contributed by atoms with Gasteiger partial charge in [-0.3, -0.25) is 0 Å². The lowest BCUT2D eigenvalue weighted by atomic mass is 9.89. The summed E-state index contributed by atoms with van der Waals surface area (Å²) in [5.74, 6) is 0.957. The molecule has 1 aliphatic heterocycles. The van der Waals surface area contributed by atoms with Crippen LogP contribution < -0.4 is 0 Å². The third-order valence-corrected chi connectivity index (χ3v) is 9.72. The minimum Gasteiger partial charge on any atom is -0.419 e. The van der Waals surface area contributed by atoms with Crippen LogP contribution in [0.25, 0.3) is 0 Å². The fourth-order valence-corrected chi connectivity index (χ4v) is 7.00. The summed E-state index contributed by atoms with van der Waals surface area (Å²) >= 11 is 0. The lowest BCUT2D eigenvalue weighted by Gasteiger charge is -2.42. The van der Waals surface area contributed by atoms with E-state index in [1.807, 2.05) is 7.11 Å². The van der Waals surface area contributed by atoms with Crippen molar-refractivity contribution in [1.82, 2.24) is 4.90 Å². The second-order valence-electron chi connectivity index (χ2n) is 8.59. The van der Waals surface area contributed by atoms with Gasteiger partial charge >= 0.3 is 0 Å². The maximum Gasteiger partial charge on any atom is 0.202 e. The van der Waals surface area contributed by atoms with Gasteiger partial charge in [0, 0.05) is 19.3 Å². The molecular formula is C20H41NOSi. The fraction of sp³-hybridized carbons (Fsp3) is 1.00. The van der Waals surface area contributed by atoms with E-state index in [2.05, 4.69) is 18.0 Å². The van der Waals surface area contributed by atoms with E-state index in [0.29, 0.717) is 0 Å². The highest BCUT2D eigenvalue weighted by atomic mass is 28.4. The van der Waals surface area contributed by atoms with E-state index in [-0.39, 0.29) is 0 Å². The van der Waals surface area contributed by atoms with Gasteiger partial charge in [-0.25, -0.2) is 0 Å². The third kappa shape index (κ3) is 6.51. The number of rotatable bonds is 4. The van der Waals surface area contributed by atoms with Crippen LogP contribution in [0.1, 0.15) is 83.5 Å². The molecule has 0 radical (unpaired) electrons. The monoisotopic (exact) mass is 339 g/mol. The standard InChI is InChI=1S/C20H41NOSi/c1-22-23(2,3)20-16-12-7-5-4-6-8-13-17-21(20)18-19-14-10-9-11-15-19/h19-20H,4-18H2,1-3H3. The molecule has 1 saturated heterocycles. The van der Waals surface area contributed by atoms with E-state index in [9.17, 15) is 0 Å². The Morgan fingerprint density at radius 1 is 0.783 bits per heavy atom. The Morgan fingerprint density at radius 3 is 1.96 bits per heavy atom. The molecule has 0 aromatic carbocycles. The van der Waals surface area contributed by atoms with Crippen LogP contribution in [0.4, 0.5) is 0 Å². The topological polar surface area (TPSA) is 12.5 Å². The molecule has 2 nitrogen and oxygen atoms in total. The molecule has 136 valence electrons. The summed E-state index contributed by atoms with van der Waals surface area (Å²) in [6.07, 6.45) is 18.8. The van der Waals surface area contributed by atoms with Gasteiger partial charge in [-0.05, 0) is 51.2 Å². The quantitative estimate of drug-likeness (QED) is 0.603. The van der Waals surface area contributed by atoms with Crippen LogP contribution in [0.3, 0.4) is 0 Å². The summed E-state index contributed by atoms with van der Waals surface area (Å²) in [4.78, 5) is 2.90. The summed E-state index contributed by atoms with van der Waals surface area (Å²) in [5.41, 5.74) is 0.729. The Balaban J connectivity index is 2.05. The predicted octanol–water partition coefficient (Wildman–Crippen LogP) is 5.76. The molecule has 1 unspecified atom stereocenters. The van der Waals surface area contributed by atoms with Crippen LogP contribution >= 0.6 is 0 Å². The zero-order valence-corrected chi connectivity index (χ0v) is 17.1. The first-order valence-electron chi connectivity index (χ1n) is 10.4. The Hall–Kier alpha value is 0.137. The zero-order valence-electron chi connectivity index (χ0n) is 16.1. The average molecular weight is 340 g/mol. The molecule has 1 atom stereocenters. The molecule has 0 bridgehead atoms. The number of hydrogen-bond donors (Lipinski definition) is 0. The van der Waals surface area contributed by atoms with Gasteiger partial charge in [-0.2, -0.15) is 0 Å². The van der Waals surface area contributed by atoms with E-state index in [4.69, 9.17) is 4.43 Å². The van der Waals surface area contributed by atoms with Crippen molar-refractivity contribution < 1.29 is 4.43 Å². The highest BCUT2D eigenvalue weighted by Crippen LogP contribution is 2.29. The summed E-state index contributed by atoms with van der Waals surface area (Å²) in [6.45, 7) is 7.57. The molecular weight excluding hydrogens is 298 g/mol. The molecule has 2 aliphatic rings. The van der Waals surface area contributed by atoms with Crippen molar-refractivity contribution in [3.63, 3.8) is 0 Å².